The Bertz CT molecular complexity index is 1170. The third-order valence-electron chi connectivity index (χ3n) is 8.36. The maximum absolute atomic E-state index is 13.7. The number of carbonyl (C=O) groups is 5. The fourth-order valence-corrected chi connectivity index (χ4v) is 6.04. The van der Waals surface area contributed by atoms with Gasteiger partial charge in [-0.2, -0.15) is 10.5 Å². The molecule has 0 saturated heterocycles. The normalized spacial score (nSPS) is 18.5. The third-order valence-corrected chi connectivity index (χ3v) is 8.36. The number of hydrogen-bond donors (Lipinski definition) is 4. The Morgan fingerprint density at radius 3 is 1.93 bits per heavy atom. The van der Waals surface area contributed by atoms with Crippen LogP contribution in [0.1, 0.15) is 94.4 Å². The van der Waals surface area contributed by atoms with Gasteiger partial charge in [-0.25, -0.2) is 0 Å². The van der Waals surface area contributed by atoms with Gasteiger partial charge in [-0.1, -0.05) is 34.6 Å². The van der Waals surface area contributed by atoms with Crippen molar-refractivity contribution in [1.29, 1.82) is 10.5 Å². The lowest BCUT2D eigenvalue weighted by molar-refractivity contribution is -0.145. The molecule has 0 aliphatic carbocycles. The summed E-state index contributed by atoms with van der Waals surface area (Å²) in [6.07, 6.45) is 1.80. The summed E-state index contributed by atoms with van der Waals surface area (Å²) in [6, 6.07) is 4.59. The average Bonchev–Trinajstić information content (AvgIpc) is 3.30. The molecule has 0 fully saturated rings. The van der Waals surface area contributed by atoms with Gasteiger partial charge in [0.2, 0.25) is 17.7 Å². The van der Waals surface area contributed by atoms with Crippen molar-refractivity contribution in [3.05, 3.63) is 12.2 Å². The zero-order valence-corrected chi connectivity index (χ0v) is 28.8. The molecule has 0 aromatic heterocycles. The number of nitrogens with zero attached hydrogens (tertiary/aromatic N) is 3. The van der Waals surface area contributed by atoms with Crippen molar-refractivity contribution in [2.75, 3.05) is 26.7 Å². The van der Waals surface area contributed by atoms with E-state index in [1.807, 2.05) is 27.7 Å². The fourth-order valence-electron chi connectivity index (χ4n) is 6.04. The van der Waals surface area contributed by atoms with Gasteiger partial charge in [0.1, 0.15) is 0 Å². The summed E-state index contributed by atoms with van der Waals surface area (Å²) in [5.74, 6) is -2.14. The van der Waals surface area contributed by atoms with E-state index in [2.05, 4.69) is 28.1 Å². The van der Waals surface area contributed by atoms with Crippen molar-refractivity contribution in [3.8, 4) is 12.1 Å². The van der Waals surface area contributed by atoms with Crippen molar-refractivity contribution >= 4 is 29.5 Å². The molecule has 0 spiro atoms. The molecular weight excluding hydrogens is 576 g/mol. The highest BCUT2D eigenvalue weighted by Crippen LogP contribution is 2.53. The quantitative estimate of drug-likeness (QED) is 0.176. The SMILES string of the molecule is CC.CNC(=O)C(C)(CC(C)(CC(C)(C#N)CC(C)C)C(=O)NCC(C)O)C(C)(C#N)CCC(=O)NCCN1C(=O)C=CC1=O. The first-order valence-electron chi connectivity index (χ1n) is 15.6. The molecule has 252 valence electrons. The predicted molar refractivity (Wildman–Crippen MR) is 171 cm³/mol. The van der Waals surface area contributed by atoms with Crippen LogP contribution < -0.4 is 16.0 Å². The van der Waals surface area contributed by atoms with E-state index in [0.29, 0.717) is 6.42 Å². The minimum absolute atomic E-state index is 0.00413. The van der Waals surface area contributed by atoms with Gasteiger partial charge in [-0.15, -0.1) is 0 Å². The number of carbonyl (C=O) groups excluding carboxylic acids is 5. The van der Waals surface area contributed by atoms with Gasteiger partial charge in [0.05, 0.1) is 34.5 Å². The van der Waals surface area contributed by atoms with Gasteiger partial charge < -0.3 is 21.1 Å². The van der Waals surface area contributed by atoms with E-state index < -0.39 is 57.3 Å². The Balaban J connectivity index is 0.00000947. The van der Waals surface area contributed by atoms with Crippen LogP contribution in [0.5, 0.6) is 0 Å². The summed E-state index contributed by atoms with van der Waals surface area (Å²) >= 11 is 0. The van der Waals surface area contributed by atoms with Crippen molar-refractivity contribution in [1.82, 2.24) is 20.9 Å². The monoisotopic (exact) mass is 630 g/mol. The van der Waals surface area contributed by atoms with E-state index in [0.717, 1.165) is 17.1 Å². The minimum atomic E-state index is -1.48. The molecule has 5 atom stereocenters. The zero-order valence-electron chi connectivity index (χ0n) is 28.8. The molecule has 1 aliphatic heterocycles. The maximum Gasteiger partial charge on any atom is 0.253 e. The summed E-state index contributed by atoms with van der Waals surface area (Å²) in [5, 5.41) is 38.4. The third kappa shape index (κ3) is 11.3. The topological polar surface area (TPSA) is 192 Å². The number of nitrogens with one attached hydrogen (secondary N) is 3. The van der Waals surface area contributed by atoms with Gasteiger partial charge in [-0.05, 0) is 59.3 Å². The van der Waals surface area contributed by atoms with Gasteiger partial charge in [0.25, 0.3) is 11.8 Å². The van der Waals surface area contributed by atoms with E-state index >= 15 is 0 Å². The maximum atomic E-state index is 13.7. The highest BCUT2D eigenvalue weighted by molar-refractivity contribution is 6.12. The Hall–Kier alpha value is -3.77. The summed E-state index contributed by atoms with van der Waals surface area (Å²) in [7, 11) is 1.43. The van der Waals surface area contributed by atoms with Crippen LogP contribution in [-0.4, -0.2) is 72.3 Å². The molecule has 1 heterocycles. The van der Waals surface area contributed by atoms with Crippen LogP contribution in [0, 0.1) is 50.2 Å². The summed E-state index contributed by atoms with van der Waals surface area (Å²) in [4.78, 5) is 64.5. The van der Waals surface area contributed by atoms with E-state index in [1.165, 1.54) is 14.0 Å². The molecular formula is C33H54N6O6. The Labute approximate surface area is 269 Å². The summed E-state index contributed by atoms with van der Waals surface area (Å²) in [5.41, 5.74) is -5.14. The van der Waals surface area contributed by atoms with Gasteiger partial charge in [-0.3, -0.25) is 28.9 Å². The number of aliphatic hydroxyl groups excluding tert-OH is 1. The number of amides is 5. The van der Waals surface area contributed by atoms with Gasteiger partial charge in [0.15, 0.2) is 0 Å². The second-order valence-corrected chi connectivity index (χ2v) is 13.1. The lowest BCUT2D eigenvalue weighted by atomic mass is 9.55. The first kappa shape index (κ1) is 41.2. The molecule has 12 nitrogen and oxygen atoms in total. The molecule has 1 aliphatic rings. The van der Waals surface area contributed by atoms with E-state index in [4.69, 9.17) is 0 Å². The number of rotatable bonds is 17. The molecule has 0 aromatic carbocycles. The number of nitriles is 2. The second-order valence-electron chi connectivity index (χ2n) is 13.1. The van der Waals surface area contributed by atoms with Crippen LogP contribution in [0.3, 0.4) is 0 Å². The zero-order chi connectivity index (χ0) is 35.2. The smallest absolute Gasteiger partial charge is 0.253 e. The van der Waals surface area contributed by atoms with Crippen LogP contribution in [0.25, 0.3) is 0 Å². The standard InChI is InChI=1S/C31H48N6O6.C2H6/c1-21(2)15-28(4,19-32)17-29(5,26(42)36-16-22(3)38)18-31(7,27(43)34-8)30(6,20-33)12-11-23(39)35-13-14-37-24(40)9-10-25(37)41;1-2/h9-10,21-22,38H,11-18H2,1-8H3,(H,34,43)(H,35,39)(H,36,42);1-2H3. The van der Waals surface area contributed by atoms with Gasteiger partial charge in [0, 0.05) is 50.7 Å². The summed E-state index contributed by atoms with van der Waals surface area (Å²) in [6.45, 7) is 16.1. The fraction of sp³-hybridized carbons (Fsp3) is 0.727. The van der Waals surface area contributed by atoms with E-state index in [9.17, 15) is 39.6 Å². The van der Waals surface area contributed by atoms with Crippen LogP contribution in [0.15, 0.2) is 12.2 Å². The van der Waals surface area contributed by atoms with Crippen molar-refractivity contribution in [2.45, 2.75) is 101 Å². The Morgan fingerprint density at radius 2 is 1.49 bits per heavy atom. The average molecular weight is 631 g/mol. The Kier molecular flexibility index (Phi) is 16.2. The molecule has 0 bridgehead atoms. The molecule has 5 unspecified atom stereocenters. The van der Waals surface area contributed by atoms with E-state index in [-0.39, 0.29) is 51.2 Å². The van der Waals surface area contributed by atoms with Crippen LogP contribution in [0.4, 0.5) is 0 Å². The van der Waals surface area contributed by atoms with Crippen LogP contribution in [-0.2, 0) is 24.0 Å². The molecule has 1 rings (SSSR count). The first-order valence-corrected chi connectivity index (χ1v) is 15.6. The molecule has 12 heteroatoms. The second kappa shape index (κ2) is 17.6. The van der Waals surface area contributed by atoms with Crippen molar-refractivity contribution < 1.29 is 29.1 Å². The highest BCUT2D eigenvalue weighted by Gasteiger charge is 2.56. The molecule has 4 N–H and O–H groups in total. The minimum Gasteiger partial charge on any atom is -0.392 e. The van der Waals surface area contributed by atoms with Gasteiger partial charge >= 0.3 is 0 Å². The summed E-state index contributed by atoms with van der Waals surface area (Å²) < 4.78 is 0. The molecule has 45 heavy (non-hydrogen) atoms. The molecule has 0 saturated carbocycles. The molecule has 0 radical (unpaired) electrons. The lowest BCUT2D eigenvalue weighted by Gasteiger charge is -2.46. The van der Waals surface area contributed by atoms with Crippen molar-refractivity contribution in [3.63, 3.8) is 0 Å². The van der Waals surface area contributed by atoms with E-state index in [1.54, 1.807) is 27.7 Å². The van der Waals surface area contributed by atoms with Crippen LogP contribution in [0.2, 0.25) is 0 Å². The molecule has 0 aromatic rings. The largest absolute Gasteiger partial charge is 0.392 e. The Morgan fingerprint density at radius 1 is 0.933 bits per heavy atom. The number of imide groups is 1. The molecule has 5 amide bonds. The van der Waals surface area contributed by atoms with Crippen molar-refractivity contribution in [2.24, 2.45) is 27.6 Å². The van der Waals surface area contributed by atoms with Crippen LogP contribution >= 0.6 is 0 Å². The highest BCUT2D eigenvalue weighted by atomic mass is 16.3. The lowest BCUT2D eigenvalue weighted by Crippen LogP contribution is -2.54. The number of aliphatic hydroxyl groups is 1. The first-order chi connectivity index (χ1) is 20.8. The predicted octanol–water partition coefficient (Wildman–Crippen LogP) is 2.98. The number of hydrogen-bond acceptors (Lipinski definition) is 8.